The second-order valence-electron chi connectivity index (χ2n) is 5.56. The SMILES string of the molecule is CCC(N)C(c1ccsc1)N(Cc1cccs1)C1CC1. The summed E-state index contributed by atoms with van der Waals surface area (Å²) in [6, 6.07) is 7.92. The first kappa shape index (κ1) is 14.3. The van der Waals surface area contributed by atoms with Gasteiger partial charge in [-0.25, -0.2) is 0 Å². The molecule has 2 aromatic heterocycles. The van der Waals surface area contributed by atoms with Gasteiger partial charge in [0.25, 0.3) is 0 Å². The number of hydrogen-bond donors (Lipinski definition) is 1. The van der Waals surface area contributed by atoms with E-state index in [-0.39, 0.29) is 6.04 Å². The summed E-state index contributed by atoms with van der Waals surface area (Å²) in [6.45, 7) is 3.23. The van der Waals surface area contributed by atoms with Crippen LogP contribution in [0.4, 0.5) is 0 Å². The van der Waals surface area contributed by atoms with Crippen LogP contribution in [0.1, 0.15) is 42.7 Å². The van der Waals surface area contributed by atoms with Crippen molar-refractivity contribution in [3.8, 4) is 0 Å². The third kappa shape index (κ3) is 3.14. The monoisotopic (exact) mass is 306 g/mol. The molecule has 1 aliphatic rings. The molecular weight excluding hydrogens is 284 g/mol. The van der Waals surface area contributed by atoms with Gasteiger partial charge >= 0.3 is 0 Å². The van der Waals surface area contributed by atoms with Gasteiger partial charge in [0.05, 0.1) is 6.04 Å². The van der Waals surface area contributed by atoms with E-state index in [9.17, 15) is 0 Å². The molecule has 4 heteroatoms. The van der Waals surface area contributed by atoms with E-state index in [0.717, 1.165) is 19.0 Å². The Morgan fingerprint density at radius 2 is 2.20 bits per heavy atom. The topological polar surface area (TPSA) is 29.3 Å². The Morgan fingerprint density at radius 1 is 1.35 bits per heavy atom. The van der Waals surface area contributed by atoms with Crippen molar-refractivity contribution in [3.63, 3.8) is 0 Å². The van der Waals surface area contributed by atoms with Gasteiger partial charge in [0, 0.05) is 23.5 Å². The zero-order chi connectivity index (χ0) is 13.9. The highest BCUT2D eigenvalue weighted by Crippen LogP contribution is 2.38. The lowest BCUT2D eigenvalue weighted by Crippen LogP contribution is -2.41. The largest absolute Gasteiger partial charge is 0.326 e. The molecule has 2 heterocycles. The lowest BCUT2D eigenvalue weighted by molar-refractivity contribution is 0.152. The van der Waals surface area contributed by atoms with Gasteiger partial charge in [-0.1, -0.05) is 13.0 Å². The maximum Gasteiger partial charge on any atom is 0.0514 e. The molecule has 1 saturated carbocycles. The maximum atomic E-state index is 6.47. The Bertz CT molecular complexity index is 503. The second-order valence-corrected chi connectivity index (χ2v) is 7.37. The molecule has 2 nitrogen and oxygen atoms in total. The zero-order valence-corrected chi connectivity index (χ0v) is 13.5. The Balaban J connectivity index is 1.85. The Morgan fingerprint density at radius 3 is 2.75 bits per heavy atom. The number of nitrogens with two attached hydrogens (primary N) is 1. The van der Waals surface area contributed by atoms with Gasteiger partial charge in [0.2, 0.25) is 0 Å². The van der Waals surface area contributed by atoms with Gasteiger partial charge in [-0.15, -0.1) is 11.3 Å². The standard InChI is InChI=1S/C16H22N2S2/c1-2-15(17)16(12-7-9-19-11-12)18(13-5-6-13)10-14-4-3-8-20-14/h3-4,7-9,11,13,15-16H,2,5-6,10,17H2,1H3. The average molecular weight is 307 g/mol. The molecule has 2 atom stereocenters. The van der Waals surface area contributed by atoms with Crippen LogP contribution in [0.25, 0.3) is 0 Å². The van der Waals surface area contributed by atoms with Crippen molar-refractivity contribution in [2.45, 2.75) is 50.9 Å². The summed E-state index contributed by atoms with van der Waals surface area (Å²) in [5, 5.41) is 6.60. The van der Waals surface area contributed by atoms with Crippen molar-refractivity contribution in [2.75, 3.05) is 0 Å². The maximum absolute atomic E-state index is 6.47. The molecule has 20 heavy (non-hydrogen) atoms. The Kier molecular flexibility index (Phi) is 4.56. The van der Waals surface area contributed by atoms with E-state index >= 15 is 0 Å². The minimum absolute atomic E-state index is 0.213. The zero-order valence-electron chi connectivity index (χ0n) is 11.9. The fraction of sp³-hybridized carbons (Fsp3) is 0.500. The van der Waals surface area contributed by atoms with Crippen LogP contribution in [0.2, 0.25) is 0 Å². The number of hydrogen-bond acceptors (Lipinski definition) is 4. The van der Waals surface area contributed by atoms with Crippen molar-refractivity contribution in [2.24, 2.45) is 5.73 Å². The van der Waals surface area contributed by atoms with Crippen molar-refractivity contribution in [3.05, 3.63) is 44.8 Å². The van der Waals surface area contributed by atoms with E-state index in [4.69, 9.17) is 5.73 Å². The second kappa shape index (κ2) is 6.39. The predicted octanol–water partition coefficient (Wildman–Crippen LogP) is 4.25. The number of rotatable bonds is 7. The molecule has 0 aliphatic heterocycles. The minimum Gasteiger partial charge on any atom is -0.326 e. The third-order valence-corrected chi connectivity index (χ3v) is 5.62. The molecule has 0 amide bonds. The van der Waals surface area contributed by atoms with E-state index in [0.29, 0.717) is 6.04 Å². The van der Waals surface area contributed by atoms with Crippen LogP contribution in [0, 0.1) is 0 Å². The molecule has 0 spiro atoms. The van der Waals surface area contributed by atoms with Crippen LogP contribution in [-0.2, 0) is 6.54 Å². The molecule has 1 fully saturated rings. The fourth-order valence-electron chi connectivity index (χ4n) is 2.79. The molecule has 1 aliphatic carbocycles. The van der Waals surface area contributed by atoms with E-state index in [1.54, 1.807) is 11.3 Å². The van der Waals surface area contributed by atoms with Crippen LogP contribution >= 0.6 is 22.7 Å². The van der Waals surface area contributed by atoms with E-state index < -0.39 is 0 Å². The van der Waals surface area contributed by atoms with Crippen LogP contribution in [-0.4, -0.2) is 17.0 Å². The van der Waals surface area contributed by atoms with Crippen molar-refractivity contribution in [1.82, 2.24) is 4.90 Å². The highest BCUT2D eigenvalue weighted by atomic mass is 32.1. The molecule has 2 N–H and O–H groups in total. The van der Waals surface area contributed by atoms with Crippen LogP contribution < -0.4 is 5.73 Å². The highest BCUT2D eigenvalue weighted by Gasteiger charge is 2.37. The first-order valence-corrected chi connectivity index (χ1v) is 9.17. The Labute approximate surface area is 129 Å². The molecule has 0 radical (unpaired) electrons. The fourth-order valence-corrected chi connectivity index (χ4v) is 4.20. The van der Waals surface area contributed by atoms with Crippen LogP contribution in [0.5, 0.6) is 0 Å². The van der Waals surface area contributed by atoms with Crippen molar-refractivity contribution in [1.29, 1.82) is 0 Å². The summed E-state index contributed by atoms with van der Waals surface area (Å²) in [7, 11) is 0. The van der Waals surface area contributed by atoms with Gasteiger partial charge in [0.1, 0.15) is 0 Å². The average Bonchev–Trinajstić information content (AvgIpc) is 2.94. The third-order valence-electron chi connectivity index (χ3n) is 4.05. The van der Waals surface area contributed by atoms with Crippen LogP contribution in [0.3, 0.4) is 0 Å². The Hall–Kier alpha value is -0.680. The van der Waals surface area contributed by atoms with E-state index in [2.05, 4.69) is 46.2 Å². The van der Waals surface area contributed by atoms with Gasteiger partial charge in [-0.2, -0.15) is 11.3 Å². The van der Waals surface area contributed by atoms with E-state index in [1.165, 1.54) is 23.3 Å². The van der Waals surface area contributed by atoms with E-state index in [1.807, 2.05) is 11.3 Å². The molecule has 3 rings (SSSR count). The van der Waals surface area contributed by atoms with Crippen molar-refractivity contribution >= 4 is 22.7 Å². The number of nitrogens with zero attached hydrogens (tertiary/aromatic N) is 1. The summed E-state index contributed by atoms with van der Waals surface area (Å²) in [5.74, 6) is 0. The molecule has 0 bridgehead atoms. The summed E-state index contributed by atoms with van der Waals surface area (Å²) in [4.78, 5) is 4.09. The minimum atomic E-state index is 0.213. The molecule has 2 unspecified atom stereocenters. The van der Waals surface area contributed by atoms with Gasteiger partial charge in [-0.3, -0.25) is 4.90 Å². The highest BCUT2D eigenvalue weighted by molar-refractivity contribution is 7.09. The van der Waals surface area contributed by atoms with Crippen LogP contribution in [0.15, 0.2) is 34.3 Å². The molecular formula is C16H22N2S2. The van der Waals surface area contributed by atoms with Gasteiger partial charge in [0.15, 0.2) is 0 Å². The van der Waals surface area contributed by atoms with Gasteiger partial charge in [-0.05, 0) is 53.1 Å². The predicted molar refractivity (Wildman–Crippen MR) is 88.2 cm³/mol. The lowest BCUT2D eigenvalue weighted by atomic mass is 9.98. The molecule has 108 valence electrons. The summed E-state index contributed by atoms with van der Waals surface area (Å²) in [6.07, 6.45) is 3.67. The molecule has 2 aromatic rings. The van der Waals surface area contributed by atoms with Gasteiger partial charge < -0.3 is 5.73 Å². The smallest absolute Gasteiger partial charge is 0.0514 e. The lowest BCUT2D eigenvalue weighted by Gasteiger charge is -2.35. The first-order valence-electron chi connectivity index (χ1n) is 7.35. The molecule has 0 aromatic carbocycles. The first-order chi connectivity index (χ1) is 9.79. The molecule has 0 saturated heterocycles. The summed E-state index contributed by atoms with van der Waals surface area (Å²) in [5.41, 5.74) is 7.87. The quantitative estimate of drug-likeness (QED) is 0.828. The van der Waals surface area contributed by atoms with Crippen molar-refractivity contribution < 1.29 is 0 Å². The summed E-state index contributed by atoms with van der Waals surface area (Å²) < 4.78 is 0. The summed E-state index contributed by atoms with van der Waals surface area (Å²) >= 11 is 3.62. The number of thiophene rings is 2. The normalized spacial score (nSPS) is 18.4.